The molecule has 3 nitrogen and oxygen atoms in total. The maximum absolute atomic E-state index is 6.52. The Morgan fingerprint density at radius 2 is 1.06 bits per heavy atom. The number of hydrogen-bond acceptors (Lipinski definition) is 3. The fraction of sp³-hybridized carbons (Fsp3) is 0.333. The van der Waals surface area contributed by atoms with E-state index in [-0.39, 0.29) is 23.9 Å². The minimum Gasteiger partial charge on any atom is -0.376 e. The number of rotatable bonds is 10. The molecule has 0 spiro atoms. The van der Waals surface area contributed by atoms with Gasteiger partial charge in [-0.3, -0.25) is 0 Å². The molecule has 4 rings (SSSR count). The number of ether oxygens (including phenoxy) is 3. The maximum Gasteiger partial charge on any atom is 0.0886 e. The van der Waals surface area contributed by atoms with Crippen LogP contribution in [-0.2, 0) is 34.0 Å². The highest BCUT2D eigenvalue weighted by Crippen LogP contribution is 2.39. The molecule has 1 aliphatic carbocycles. The average Bonchev–Trinajstić information content (AvgIpc) is 3.12. The van der Waals surface area contributed by atoms with Gasteiger partial charge in [-0.2, -0.15) is 0 Å². The van der Waals surface area contributed by atoms with Gasteiger partial charge in [0.25, 0.3) is 0 Å². The monoisotopic (exact) mass is 412 g/mol. The lowest BCUT2D eigenvalue weighted by Gasteiger charge is -2.27. The topological polar surface area (TPSA) is 27.7 Å². The molecule has 3 aromatic rings. The molecule has 0 N–H and O–H groups in total. The van der Waals surface area contributed by atoms with Gasteiger partial charge in [-0.1, -0.05) is 91.0 Å². The summed E-state index contributed by atoms with van der Waals surface area (Å²) in [5.74, 6) is 0.123. The molecule has 0 aliphatic heterocycles. The molecule has 0 amide bonds. The van der Waals surface area contributed by atoms with Gasteiger partial charge in [0, 0.05) is 5.92 Å². The Balaban J connectivity index is 1.39. The largest absolute Gasteiger partial charge is 0.376 e. The summed E-state index contributed by atoms with van der Waals surface area (Å²) in [6.07, 6.45) is 0.567. The Morgan fingerprint density at radius 1 is 0.613 bits per heavy atom. The summed E-state index contributed by atoms with van der Waals surface area (Å²) in [7, 11) is 6.52. The zero-order chi connectivity index (χ0) is 21.3. The summed E-state index contributed by atoms with van der Waals surface area (Å²) in [4.78, 5) is 0. The molecular formula is C27H29BO3. The van der Waals surface area contributed by atoms with Crippen LogP contribution in [0.2, 0.25) is 5.82 Å². The van der Waals surface area contributed by atoms with Crippen molar-refractivity contribution in [3.63, 3.8) is 0 Å². The number of benzene rings is 3. The first kappa shape index (κ1) is 21.8. The number of hydrogen-bond donors (Lipinski definition) is 0. The molecule has 1 saturated carbocycles. The van der Waals surface area contributed by atoms with Gasteiger partial charge >= 0.3 is 0 Å². The minimum absolute atomic E-state index is 0.0742. The van der Waals surface area contributed by atoms with Crippen LogP contribution in [0, 0.1) is 5.92 Å². The molecule has 2 radical (unpaired) electrons. The van der Waals surface area contributed by atoms with E-state index in [0.29, 0.717) is 26.4 Å². The van der Waals surface area contributed by atoms with Gasteiger partial charge < -0.3 is 14.2 Å². The predicted octanol–water partition coefficient (Wildman–Crippen LogP) is 5.35. The van der Waals surface area contributed by atoms with Crippen LogP contribution < -0.4 is 0 Å². The van der Waals surface area contributed by atoms with E-state index in [2.05, 4.69) is 36.4 Å². The summed E-state index contributed by atoms with van der Waals surface area (Å²) in [6.45, 7) is 2.27. The molecular weight excluding hydrogens is 383 g/mol. The van der Waals surface area contributed by atoms with Crippen molar-refractivity contribution < 1.29 is 14.2 Å². The van der Waals surface area contributed by atoms with Crippen molar-refractivity contribution in [1.29, 1.82) is 0 Å². The van der Waals surface area contributed by atoms with Crippen molar-refractivity contribution >= 4 is 7.85 Å². The van der Waals surface area contributed by atoms with Gasteiger partial charge in [-0.05, 0) is 28.9 Å². The maximum atomic E-state index is 6.52. The third-order valence-electron chi connectivity index (χ3n) is 5.80. The Hall–Kier alpha value is -2.40. The van der Waals surface area contributed by atoms with E-state index in [1.165, 1.54) is 5.56 Å². The van der Waals surface area contributed by atoms with Crippen molar-refractivity contribution in [2.45, 2.75) is 44.3 Å². The SMILES string of the molecule is [B][C@H]1C[C@H](COCc2ccccc2)[C@H](OCc2ccccc2)C1OCc1ccccc1. The van der Waals surface area contributed by atoms with Crippen LogP contribution in [0.15, 0.2) is 91.0 Å². The molecule has 31 heavy (non-hydrogen) atoms. The Kier molecular flexibility index (Phi) is 7.95. The van der Waals surface area contributed by atoms with Crippen LogP contribution >= 0.6 is 0 Å². The molecule has 0 saturated heterocycles. The van der Waals surface area contributed by atoms with Gasteiger partial charge in [-0.25, -0.2) is 0 Å². The molecule has 0 bridgehead atoms. The van der Waals surface area contributed by atoms with Crippen LogP contribution in [0.25, 0.3) is 0 Å². The normalized spacial score (nSPS) is 23.1. The third-order valence-corrected chi connectivity index (χ3v) is 5.80. The van der Waals surface area contributed by atoms with Gasteiger partial charge in [0.2, 0.25) is 0 Å². The molecule has 158 valence electrons. The highest BCUT2D eigenvalue weighted by Gasteiger charge is 2.42. The van der Waals surface area contributed by atoms with Crippen molar-refractivity contribution in [2.24, 2.45) is 5.92 Å². The molecule has 3 aromatic carbocycles. The van der Waals surface area contributed by atoms with E-state index in [9.17, 15) is 0 Å². The van der Waals surface area contributed by atoms with Crippen LogP contribution in [0.1, 0.15) is 23.1 Å². The van der Waals surface area contributed by atoms with E-state index in [0.717, 1.165) is 17.5 Å². The summed E-state index contributed by atoms with van der Waals surface area (Å²) in [6, 6.07) is 30.7. The Morgan fingerprint density at radius 3 is 1.58 bits per heavy atom. The van der Waals surface area contributed by atoms with Crippen molar-refractivity contribution in [3.05, 3.63) is 108 Å². The standard InChI is InChI=1S/C27H29BO3/c28-25-16-24(20-29-17-21-10-4-1-5-11-21)26(30-18-22-12-6-2-7-13-22)27(25)31-19-23-14-8-3-9-15-23/h1-15,24-27H,16-20H2/t24-,25+,26+,27?/m1/s1. The Bertz CT molecular complexity index is 888. The zero-order valence-corrected chi connectivity index (χ0v) is 17.8. The van der Waals surface area contributed by atoms with E-state index in [1.54, 1.807) is 0 Å². The fourth-order valence-corrected chi connectivity index (χ4v) is 4.18. The van der Waals surface area contributed by atoms with E-state index in [1.807, 2.05) is 54.6 Å². The smallest absolute Gasteiger partial charge is 0.0886 e. The second-order valence-electron chi connectivity index (χ2n) is 8.18. The van der Waals surface area contributed by atoms with Crippen molar-refractivity contribution in [1.82, 2.24) is 0 Å². The molecule has 4 atom stereocenters. The highest BCUT2D eigenvalue weighted by molar-refractivity contribution is 6.12. The van der Waals surface area contributed by atoms with Crippen LogP contribution in [0.5, 0.6) is 0 Å². The first-order chi connectivity index (χ1) is 15.3. The summed E-state index contributed by atoms with van der Waals surface area (Å²) in [5, 5.41) is 0. The van der Waals surface area contributed by atoms with Crippen LogP contribution in [0.3, 0.4) is 0 Å². The lowest BCUT2D eigenvalue weighted by Crippen LogP contribution is -2.34. The second-order valence-corrected chi connectivity index (χ2v) is 8.18. The van der Waals surface area contributed by atoms with Gasteiger partial charge in [0.1, 0.15) is 0 Å². The highest BCUT2D eigenvalue weighted by atomic mass is 16.5. The van der Waals surface area contributed by atoms with Gasteiger partial charge in [0.05, 0.1) is 46.5 Å². The summed E-state index contributed by atoms with van der Waals surface area (Å²) >= 11 is 0. The van der Waals surface area contributed by atoms with Crippen LogP contribution in [0.4, 0.5) is 0 Å². The van der Waals surface area contributed by atoms with E-state index in [4.69, 9.17) is 22.1 Å². The molecule has 4 heteroatoms. The summed E-state index contributed by atoms with van der Waals surface area (Å²) in [5.41, 5.74) is 3.46. The molecule has 1 fully saturated rings. The van der Waals surface area contributed by atoms with E-state index < -0.39 is 0 Å². The average molecular weight is 412 g/mol. The molecule has 0 heterocycles. The second kappa shape index (κ2) is 11.3. The van der Waals surface area contributed by atoms with Gasteiger partial charge in [-0.15, -0.1) is 0 Å². The molecule has 1 unspecified atom stereocenters. The zero-order valence-electron chi connectivity index (χ0n) is 17.8. The van der Waals surface area contributed by atoms with Gasteiger partial charge in [0.15, 0.2) is 0 Å². The van der Waals surface area contributed by atoms with E-state index >= 15 is 0 Å². The first-order valence-electron chi connectivity index (χ1n) is 11.0. The minimum atomic E-state index is -0.158. The molecule has 0 aromatic heterocycles. The first-order valence-corrected chi connectivity index (χ1v) is 11.0. The third kappa shape index (κ3) is 6.30. The van der Waals surface area contributed by atoms with Crippen molar-refractivity contribution in [2.75, 3.05) is 6.61 Å². The van der Waals surface area contributed by atoms with Crippen LogP contribution in [-0.4, -0.2) is 26.7 Å². The fourth-order valence-electron chi connectivity index (χ4n) is 4.18. The quantitative estimate of drug-likeness (QED) is 0.420. The summed E-state index contributed by atoms with van der Waals surface area (Å²) < 4.78 is 18.7. The van der Waals surface area contributed by atoms with Crippen molar-refractivity contribution in [3.8, 4) is 0 Å². The Labute approximate surface area is 186 Å². The molecule has 1 aliphatic rings. The lowest BCUT2D eigenvalue weighted by molar-refractivity contribution is -0.0946. The predicted molar refractivity (Wildman–Crippen MR) is 124 cm³/mol. The lowest BCUT2D eigenvalue weighted by atomic mass is 9.83.